The minimum atomic E-state index is -0.728. The molecule has 1 fully saturated rings. The molecular weight excluding hydrogens is 218 g/mol. The van der Waals surface area contributed by atoms with E-state index in [-0.39, 0.29) is 6.04 Å². The molecule has 0 saturated heterocycles. The highest BCUT2D eigenvalue weighted by Crippen LogP contribution is 2.17. The summed E-state index contributed by atoms with van der Waals surface area (Å²) < 4.78 is 4.91. The van der Waals surface area contributed by atoms with Crippen molar-refractivity contribution in [3.05, 3.63) is 0 Å². The van der Waals surface area contributed by atoms with Crippen LogP contribution in [-0.2, 0) is 14.3 Å². The van der Waals surface area contributed by atoms with Gasteiger partial charge in [-0.2, -0.15) is 0 Å². The Labute approximate surface area is 103 Å². The summed E-state index contributed by atoms with van der Waals surface area (Å²) in [4.78, 5) is 22.8. The Bertz CT molecular complexity index is 247. The first-order valence-corrected chi connectivity index (χ1v) is 6.71. The van der Waals surface area contributed by atoms with Crippen molar-refractivity contribution in [2.75, 3.05) is 6.61 Å². The number of unbranched alkanes of at least 4 members (excludes halogenated alkanes) is 3. The zero-order valence-corrected chi connectivity index (χ0v) is 10.7. The average Bonchev–Trinajstić information content (AvgIpc) is 2.81. The van der Waals surface area contributed by atoms with Crippen LogP contribution in [0.4, 0.5) is 0 Å². The third kappa shape index (κ3) is 5.71. The van der Waals surface area contributed by atoms with Crippen LogP contribution in [0.3, 0.4) is 0 Å². The molecular formula is C13H23NO3. The zero-order valence-electron chi connectivity index (χ0n) is 10.7. The molecule has 4 nitrogen and oxygen atoms in total. The van der Waals surface area contributed by atoms with Crippen LogP contribution >= 0.6 is 0 Å². The van der Waals surface area contributed by atoms with Gasteiger partial charge in [0.05, 0.1) is 6.61 Å². The molecule has 0 atom stereocenters. The van der Waals surface area contributed by atoms with E-state index >= 15 is 0 Å². The molecule has 1 rings (SSSR count). The number of rotatable bonds is 6. The van der Waals surface area contributed by atoms with E-state index in [2.05, 4.69) is 12.2 Å². The van der Waals surface area contributed by atoms with E-state index in [9.17, 15) is 9.59 Å². The molecule has 0 aromatic carbocycles. The van der Waals surface area contributed by atoms with Gasteiger partial charge in [-0.05, 0) is 19.3 Å². The topological polar surface area (TPSA) is 55.4 Å². The lowest BCUT2D eigenvalue weighted by atomic mass is 10.2. The normalized spacial score (nSPS) is 15.8. The molecule has 0 aliphatic heterocycles. The molecule has 0 aromatic rings. The van der Waals surface area contributed by atoms with Gasteiger partial charge >= 0.3 is 11.9 Å². The van der Waals surface area contributed by atoms with E-state index in [0.29, 0.717) is 6.61 Å². The first-order valence-electron chi connectivity index (χ1n) is 6.71. The lowest BCUT2D eigenvalue weighted by Gasteiger charge is -2.11. The predicted octanol–water partition coefficient (Wildman–Crippen LogP) is 2.17. The first-order chi connectivity index (χ1) is 8.24. The second-order valence-electron chi connectivity index (χ2n) is 4.65. The standard InChI is InChI=1S/C13H23NO3/c1-2-3-4-7-10-17-13(16)12(15)14-11-8-5-6-9-11/h11H,2-10H2,1H3,(H,14,15). The Hall–Kier alpha value is -1.06. The van der Waals surface area contributed by atoms with Gasteiger partial charge in [-0.15, -0.1) is 0 Å². The molecule has 1 amide bonds. The van der Waals surface area contributed by atoms with E-state index in [1.165, 1.54) is 0 Å². The van der Waals surface area contributed by atoms with Gasteiger partial charge in [-0.3, -0.25) is 4.79 Å². The molecule has 0 aromatic heterocycles. The Morgan fingerprint density at radius 3 is 2.53 bits per heavy atom. The van der Waals surface area contributed by atoms with Crippen LogP contribution in [0.1, 0.15) is 58.3 Å². The maximum atomic E-state index is 11.4. The Balaban J connectivity index is 2.07. The quantitative estimate of drug-likeness (QED) is 0.440. The second kappa shape index (κ2) is 8.09. The minimum absolute atomic E-state index is 0.176. The number of amides is 1. The number of hydrogen-bond donors (Lipinski definition) is 1. The minimum Gasteiger partial charge on any atom is -0.459 e. The predicted molar refractivity (Wildman–Crippen MR) is 65.5 cm³/mol. The van der Waals surface area contributed by atoms with E-state index in [1.807, 2.05) is 0 Å². The van der Waals surface area contributed by atoms with Crippen molar-refractivity contribution in [3.8, 4) is 0 Å². The largest absolute Gasteiger partial charge is 0.459 e. The van der Waals surface area contributed by atoms with Crippen LogP contribution in [0.15, 0.2) is 0 Å². The highest BCUT2D eigenvalue weighted by atomic mass is 16.5. The lowest BCUT2D eigenvalue weighted by molar-refractivity contribution is -0.155. The number of esters is 1. The van der Waals surface area contributed by atoms with E-state index in [4.69, 9.17) is 4.74 Å². The lowest BCUT2D eigenvalue weighted by Crippen LogP contribution is -2.38. The van der Waals surface area contributed by atoms with Crippen LogP contribution in [0.5, 0.6) is 0 Å². The summed E-state index contributed by atoms with van der Waals surface area (Å²) >= 11 is 0. The Morgan fingerprint density at radius 1 is 1.18 bits per heavy atom. The number of ether oxygens (including phenoxy) is 1. The third-order valence-corrected chi connectivity index (χ3v) is 3.11. The summed E-state index contributed by atoms with van der Waals surface area (Å²) in [5.41, 5.74) is 0. The van der Waals surface area contributed by atoms with E-state index in [0.717, 1.165) is 51.4 Å². The van der Waals surface area contributed by atoms with Crippen LogP contribution in [0.25, 0.3) is 0 Å². The zero-order chi connectivity index (χ0) is 12.5. The number of carbonyl (C=O) groups excluding carboxylic acids is 2. The third-order valence-electron chi connectivity index (χ3n) is 3.11. The molecule has 0 bridgehead atoms. The molecule has 1 aliphatic carbocycles. The summed E-state index contributed by atoms with van der Waals surface area (Å²) in [6.07, 6.45) is 8.42. The fourth-order valence-electron chi connectivity index (χ4n) is 2.07. The average molecular weight is 241 g/mol. The SMILES string of the molecule is CCCCCCOC(=O)C(=O)NC1CCCC1. The van der Waals surface area contributed by atoms with Gasteiger partial charge in [-0.1, -0.05) is 39.0 Å². The molecule has 0 radical (unpaired) electrons. The summed E-state index contributed by atoms with van der Waals surface area (Å²) in [5, 5.41) is 2.72. The van der Waals surface area contributed by atoms with Gasteiger partial charge in [-0.25, -0.2) is 4.79 Å². The van der Waals surface area contributed by atoms with Crippen LogP contribution in [0.2, 0.25) is 0 Å². The highest BCUT2D eigenvalue weighted by Gasteiger charge is 2.22. The van der Waals surface area contributed by atoms with Gasteiger partial charge in [0.2, 0.25) is 0 Å². The molecule has 17 heavy (non-hydrogen) atoms. The first kappa shape index (κ1) is 14.0. The van der Waals surface area contributed by atoms with E-state index < -0.39 is 11.9 Å². The van der Waals surface area contributed by atoms with Gasteiger partial charge in [0.15, 0.2) is 0 Å². The van der Waals surface area contributed by atoms with Gasteiger partial charge < -0.3 is 10.1 Å². The van der Waals surface area contributed by atoms with Crippen molar-refractivity contribution >= 4 is 11.9 Å². The smallest absolute Gasteiger partial charge is 0.396 e. The van der Waals surface area contributed by atoms with Crippen molar-refractivity contribution in [3.63, 3.8) is 0 Å². The maximum absolute atomic E-state index is 11.4. The van der Waals surface area contributed by atoms with Crippen LogP contribution in [0, 0.1) is 0 Å². The van der Waals surface area contributed by atoms with Crippen molar-refractivity contribution in [2.24, 2.45) is 0 Å². The van der Waals surface area contributed by atoms with Gasteiger partial charge in [0, 0.05) is 6.04 Å². The Kier molecular flexibility index (Phi) is 6.67. The van der Waals surface area contributed by atoms with Crippen LogP contribution in [-0.4, -0.2) is 24.5 Å². The number of nitrogens with one attached hydrogen (secondary N) is 1. The fourth-order valence-corrected chi connectivity index (χ4v) is 2.07. The molecule has 1 saturated carbocycles. The molecule has 1 N–H and O–H groups in total. The highest BCUT2D eigenvalue weighted by molar-refractivity contribution is 6.32. The van der Waals surface area contributed by atoms with Crippen LogP contribution < -0.4 is 5.32 Å². The van der Waals surface area contributed by atoms with Crippen molar-refractivity contribution < 1.29 is 14.3 Å². The molecule has 98 valence electrons. The molecule has 0 unspecified atom stereocenters. The van der Waals surface area contributed by atoms with Crippen molar-refractivity contribution in [1.29, 1.82) is 0 Å². The summed E-state index contributed by atoms with van der Waals surface area (Å²) in [5.74, 6) is -1.30. The molecule has 4 heteroatoms. The summed E-state index contributed by atoms with van der Waals surface area (Å²) in [6.45, 7) is 2.48. The number of carbonyl (C=O) groups is 2. The van der Waals surface area contributed by atoms with Crippen molar-refractivity contribution in [2.45, 2.75) is 64.3 Å². The van der Waals surface area contributed by atoms with E-state index in [1.54, 1.807) is 0 Å². The summed E-state index contributed by atoms with van der Waals surface area (Å²) in [7, 11) is 0. The van der Waals surface area contributed by atoms with Crippen molar-refractivity contribution in [1.82, 2.24) is 5.32 Å². The monoisotopic (exact) mass is 241 g/mol. The van der Waals surface area contributed by atoms with Gasteiger partial charge in [0.1, 0.15) is 0 Å². The second-order valence-corrected chi connectivity index (χ2v) is 4.65. The maximum Gasteiger partial charge on any atom is 0.396 e. The summed E-state index contributed by atoms with van der Waals surface area (Å²) in [6, 6.07) is 0.176. The Morgan fingerprint density at radius 2 is 1.88 bits per heavy atom. The fraction of sp³-hybridized carbons (Fsp3) is 0.846. The van der Waals surface area contributed by atoms with Gasteiger partial charge in [0.25, 0.3) is 0 Å². The molecule has 0 heterocycles. The molecule has 1 aliphatic rings. The number of hydrogen-bond acceptors (Lipinski definition) is 3. The molecule has 0 spiro atoms.